The van der Waals surface area contributed by atoms with Gasteiger partial charge in [-0.25, -0.2) is 0 Å². The number of carbonyl (C=O) groups is 1. The first-order chi connectivity index (χ1) is 8.15. The maximum Gasteiger partial charge on any atom is 0.261 e. The Balaban J connectivity index is 1.91. The molecule has 5 heteroatoms. The fourth-order valence-corrected chi connectivity index (χ4v) is 3.27. The summed E-state index contributed by atoms with van der Waals surface area (Å²) in [6.07, 6.45) is 4.27. The predicted octanol–water partition coefficient (Wildman–Crippen LogP) is 2.68. The quantitative estimate of drug-likeness (QED) is 0.886. The fourth-order valence-electron chi connectivity index (χ4n) is 2.31. The summed E-state index contributed by atoms with van der Waals surface area (Å²) in [5.41, 5.74) is -0.100. The van der Waals surface area contributed by atoms with Crippen LogP contribution in [0.4, 0.5) is 0 Å². The van der Waals surface area contributed by atoms with Crippen molar-refractivity contribution in [3.05, 3.63) is 21.3 Å². The average Bonchev–Trinajstić information content (AvgIpc) is 2.95. The summed E-state index contributed by atoms with van der Waals surface area (Å²) in [5.74, 6) is -0.0957. The predicted molar refractivity (Wildman–Crippen MR) is 69.6 cm³/mol. The Morgan fingerprint density at radius 3 is 2.71 bits per heavy atom. The zero-order valence-corrected chi connectivity index (χ0v) is 11.1. The molecule has 1 aliphatic rings. The van der Waals surface area contributed by atoms with E-state index in [9.17, 15) is 9.90 Å². The second-order valence-corrected chi connectivity index (χ2v) is 6.37. The van der Waals surface area contributed by atoms with E-state index in [1.165, 1.54) is 11.3 Å². The van der Waals surface area contributed by atoms with Crippen LogP contribution >= 0.6 is 22.9 Å². The number of amides is 1. The number of rotatable bonds is 4. The van der Waals surface area contributed by atoms with E-state index in [2.05, 4.69) is 5.32 Å². The van der Waals surface area contributed by atoms with Crippen LogP contribution in [0.1, 0.15) is 35.4 Å². The molecule has 2 rings (SSSR count). The Morgan fingerprint density at radius 2 is 2.18 bits per heavy atom. The fraction of sp³-hybridized carbons (Fsp3) is 0.583. The van der Waals surface area contributed by atoms with Gasteiger partial charge in [0.25, 0.3) is 5.91 Å². The second-order valence-electron chi connectivity index (χ2n) is 4.65. The zero-order chi connectivity index (χ0) is 12.3. The topological polar surface area (TPSA) is 49.3 Å². The lowest BCUT2D eigenvalue weighted by atomic mass is 9.87. The van der Waals surface area contributed by atoms with Gasteiger partial charge < -0.3 is 10.4 Å². The highest BCUT2D eigenvalue weighted by molar-refractivity contribution is 7.17. The van der Waals surface area contributed by atoms with Crippen molar-refractivity contribution >= 4 is 28.8 Å². The second kappa shape index (κ2) is 5.38. The Bertz CT molecular complexity index is 399. The largest absolute Gasteiger partial charge is 0.396 e. The molecule has 0 bridgehead atoms. The highest BCUT2D eigenvalue weighted by Crippen LogP contribution is 2.37. The molecule has 1 aliphatic carbocycles. The molecule has 1 amide bonds. The van der Waals surface area contributed by atoms with Crippen molar-refractivity contribution in [3.63, 3.8) is 0 Å². The Kier molecular flexibility index (Phi) is 4.07. The maximum absolute atomic E-state index is 11.8. The Labute approximate surface area is 110 Å². The molecular weight excluding hydrogens is 258 g/mol. The molecule has 0 aromatic carbocycles. The van der Waals surface area contributed by atoms with Gasteiger partial charge in [0, 0.05) is 12.0 Å². The van der Waals surface area contributed by atoms with Gasteiger partial charge in [0.05, 0.1) is 15.8 Å². The van der Waals surface area contributed by atoms with E-state index in [1.54, 1.807) is 12.1 Å². The molecule has 1 heterocycles. The zero-order valence-electron chi connectivity index (χ0n) is 9.54. The summed E-state index contributed by atoms with van der Waals surface area (Å²) in [6, 6.07) is 3.45. The molecule has 17 heavy (non-hydrogen) atoms. The highest BCUT2D eigenvalue weighted by atomic mass is 35.5. The van der Waals surface area contributed by atoms with Gasteiger partial charge in [-0.2, -0.15) is 0 Å². The van der Waals surface area contributed by atoms with Crippen LogP contribution in [0.25, 0.3) is 0 Å². The third kappa shape index (κ3) is 3.00. The van der Waals surface area contributed by atoms with Crippen molar-refractivity contribution in [1.82, 2.24) is 5.32 Å². The minimum absolute atomic E-state index is 0.0957. The van der Waals surface area contributed by atoms with E-state index in [4.69, 9.17) is 11.6 Å². The van der Waals surface area contributed by atoms with Crippen molar-refractivity contribution in [1.29, 1.82) is 0 Å². The van der Waals surface area contributed by atoms with E-state index in [1.807, 2.05) is 0 Å². The van der Waals surface area contributed by atoms with Gasteiger partial charge in [0.1, 0.15) is 0 Å². The lowest BCUT2D eigenvalue weighted by Crippen LogP contribution is -2.38. The molecule has 3 nitrogen and oxygen atoms in total. The smallest absolute Gasteiger partial charge is 0.261 e. The van der Waals surface area contributed by atoms with Crippen molar-refractivity contribution in [2.24, 2.45) is 5.41 Å². The van der Waals surface area contributed by atoms with Gasteiger partial charge in [-0.1, -0.05) is 24.4 Å². The number of aliphatic hydroxyl groups is 1. The first kappa shape index (κ1) is 12.9. The van der Waals surface area contributed by atoms with Crippen LogP contribution in [-0.4, -0.2) is 24.2 Å². The lowest BCUT2D eigenvalue weighted by Gasteiger charge is -2.26. The van der Waals surface area contributed by atoms with Gasteiger partial charge in [-0.05, 0) is 25.0 Å². The summed E-state index contributed by atoms with van der Waals surface area (Å²) < 4.78 is 0.618. The lowest BCUT2D eigenvalue weighted by molar-refractivity contribution is 0.0884. The summed E-state index contributed by atoms with van der Waals surface area (Å²) in [7, 11) is 0. The summed E-state index contributed by atoms with van der Waals surface area (Å²) >= 11 is 7.06. The van der Waals surface area contributed by atoms with Gasteiger partial charge in [0.2, 0.25) is 0 Å². The van der Waals surface area contributed by atoms with Crippen molar-refractivity contribution in [2.75, 3.05) is 13.2 Å². The van der Waals surface area contributed by atoms with E-state index >= 15 is 0 Å². The molecule has 1 aromatic rings. The number of hydrogen-bond acceptors (Lipinski definition) is 3. The molecule has 1 saturated carbocycles. The van der Waals surface area contributed by atoms with Crippen LogP contribution in [0, 0.1) is 5.41 Å². The number of nitrogens with one attached hydrogen (secondary N) is 1. The average molecular weight is 274 g/mol. The standard InChI is InChI=1S/C12H16ClNO2S/c13-10-4-3-9(17-10)11(16)14-7-12(8-15)5-1-2-6-12/h3-4,15H,1-2,5-8H2,(H,14,16). The first-order valence-electron chi connectivity index (χ1n) is 5.80. The molecule has 0 radical (unpaired) electrons. The Morgan fingerprint density at radius 1 is 1.47 bits per heavy atom. The monoisotopic (exact) mass is 273 g/mol. The number of aliphatic hydroxyl groups excluding tert-OH is 1. The van der Waals surface area contributed by atoms with E-state index in [-0.39, 0.29) is 17.9 Å². The highest BCUT2D eigenvalue weighted by Gasteiger charge is 2.33. The number of thiophene rings is 1. The molecule has 2 N–H and O–H groups in total. The maximum atomic E-state index is 11.8. The Hall–Kier alpha value is -0.580. The van der Waals surface area contributed by atoms with Crippen molar-refractivity contribution in [3.8, 4) is 0 Å². The van der Waals surface area contributed by atoms with Gasteiger partial charge in [-0.3, -0.25) is 4.79 Å². The van der Waals surface area contributed by atoms with Crippen LogP contribution in [0.3, 0.4) is 0 Å². The minimum Gasteiger partial charge on any atom is -0.396 e. The summed E-state index contributed by atoms with van der Waals surface area (Å²) in [5, 5.41) is 12.3. The molecular formula is C12H16ClNO2S. The molecule has 0 aliphatic heterocycles. The molecule has 0 spiro atoms. The number of carbonyl (C=O) groups excluding carboxylic acids is 1. The molecule has 0 unspecified atom stereocenters. The van der Waals surface area contributed by atoms with Crippen LogP contribution in [0.15, 0.2) is 12.1 Å². The van der Waals surface area contributed by atoms with Crippen LogP contribution in [0.2, 0.25) is 4.34 Å². The minimum atomic E-state index is -0.100. The summed E-state index contributed by atoms with van der Waals surface area (Å²) in [6.45, 7) is 0.705. The molecule has 0 atom stereocenters. The summed E-state index contributed by atoms with van der Waals surface area (Å²) in [4.78, 5) is 12.5. The van der Waals surface area contributed by atoms with Crippen LogP contribution in [0.5, 0.6) is 0 Å². The first-order valence-corrected chi connectivity index (χ1v) is 6.99. The van der Waals surface area contributed by atoms with E-state index in [0.717, 1.165) is 25.7 Å². The van der Waals surface area contributed by atoms with E-state index in [0.29, 0.717) is 15.8 Å². The van der Waals surface area contributed by atoms with Gasteiger partial charge >= 0.3 is 0 Å². The van der Waals surface area contributed by atoms with E-state index < -0.39 is 0 Å². The van der Waals surface area contributed by atoms with Crippen molar-refractivity contribution in [2.45, 2.75) is 25.7 Å². The van der Waals surface area contributed by atoms with Crippen LogP contribution in [-0.2, 0) is 0 Å². The molecule has 1 fully saturated rings. The third-order valence-electron chi connectivity index (χ3n) is 3.42. The van der Waals surface area contributed by atoms with Gasteiger partial charge in [0.15, 0.2) is 0 Å². The van der Waals surface area contributed by atoms with Gasteiger partial charge in [-0.15, -0.1) is 11.3 Å². The molecule has 1 aromatic heterocycles. The molecule has 94 valence electrons. The molecule has 0 saturated heterocycles. The third-order valence-corrected chi connectivity index (χ3v) is 4.65. The number of hydrogen-bond donors (Lipinski definition) is 2. The number of halogens is 1. The SMILES string of the molecule is O=C(NCC1(CO)CCCC1)c1ccc(Cl)s1. The van der Waals surface area contributed by atoms with Crippen LogP contribution < -0.4 is 5.32 Å². The van der Waals surface area contributed by atoms with Crippen molar-refractivity contribution < 1.29 is 9.90 Å². The normalized spacial score (nSPS) is 18.2.